The summed E-state index contributed by atoms with van der Waals surface area (Å²) in [6, 6.07) is 9.12. The molecule has 1 atom stereocenters. The largest absolute Gasteiger partial charge is 0.260 e. The van der Waals surface area contributed by atoms with Gasteiger partial charge < -0.3 is 0 Å². The van der Waals surface area contributed by atoms with Gasteiger partial charge in [0.15, 0.2) is 9.84 Å². The number of piperidine rings is 1. The molecule has 0 unspecified atom stereocenters. The molecule has 0 bridgehead atoms. The van der Waals surface area contributed by atoms with Crippen LogP contribution in [0, 0.1) is 0 Å². The van der Waals surface area contributed by atoms with Gasteiger partial charge in [-0.1, -0.05) is 11.6 Å². The molecule has 0 radical (unpaired) electrons. The lowest BCUT2D eigenvalue weighted by molar-refractivity contribution is 0.310. The van der Waals surface area contributed by atoms with E-state index in [9.17, 15) is 16.8 Å². The normalized spacial score (nSPS) is 19.4. The lowest BCUT2D eigenvalue weighted by Crippen LogP contribution is -2.39. The van der Waals surface area contributed by atoms with Gasteiger partial charge in [-0.05, 0) is 49.2 Å². The molecule has 2 heterocycles. The van der Waals surface area contributed by atoms with E-state index in [1.54, 1.807) is 6.07 Å². The number of nitrogens with zero attached hydrogens (tertiary/aromatic N) is 2. The third-order valence-electron chi connectivity index (χ3n) is 4.42. The molecule has 26 heavy (non-hydrogen) atoms. The van der Waals surface area contributed by atoms with Crippen LogP contribution < -0.4 is 0 Å². The second-order valence-electron chi connectivity index (χ2n) is 6.32. The third-order valence-corrected chi connectivity index (χ3v) is 7.70. The molecule has 9 heteroatoms. The summed E-state index contributed by atoms with van der Waals surface area (Å²) in [5, 5.41) is 0.465. The molecule has 0 N–H and O–H groups in total. The predicted molar refractivity (Wildman–Crippen MR) is 99.5 cm³/mol. The summed E-state index contributed by atoms with van der Waals surface area (Å²) in [6.07, 6.45) is 4.00. The number of hydrogen-bond donors (Lipinski definition) is 0. The van der Waals surface area contributed by atoms with Gasteiger partial charge in [0.2, 0.25) is 10.0 Å². The number of sulfone groups is 1. The second-order valence-corrected chi connectivity index (χ2v) is 10.7. The van der Waals surface area contributed by atoms with Crippen molar-refractivity contribution in [3.05, 3.63) is 53.3 Å². The number of pyridine rings is 1. The highest BCUT2D eigenvalue weighted by Crippen LogP contribution is 2.32. The highest BCUT2D eigenvalue weighted by Gasteiger charge is 2.33. The summed E-state index contributed by atoms with van der Waals surface area (Å²) in [5.41, 5.74) is 0.436. The van der Waals surface area contributed by atoms with Crippen molar-refractivity contribution < 1.29 is 16.8 Å². The minimum absolute atomic E-state index is 0.163. The average molecular weight is 415 g/mol. The zero-order valence-corrected chi connectivity index (χ0v) is 16.6. The second kappa shape index (κ2) is 7.26. The van der Waals surface area contributed by atoms with Crippen LogP contribution in [0.3, 0.4) is 0 Å². The predicted octanol–water partition coefficient (Wildman–Crippen LogP) is 2.71. The fraction of sp³-hybridized carbons (Fsp3) is 0.353. The van der Waals surface area contributed by atoms with Gasteiger partial charge in [-0.3, -0.25) is 4.98 Å². The van der Waals surface area contributed by atoms with E-state index in [4.69, 9.17) is 11.6 Å². The summed E-state index contributed by atoms with van der Waals surface area (Å²) < 4.78 is 51.3. The lowest BCUT2D eigenvalue weighted by atomic mass is 9.95. The maximum absolute atomic E-state index is 12.9. The van der Waals surface area contributed by atoms with Crippen molar-refractivity contribution in [3.8, 4) is 0 Å². The molecule has 1 aromatic heterocycles. The molecule has 0 saturated carbocycles. The van der Waals surface area contributed by atoms with Crippen LogP contribution in [-0.2, 0) is 19.9 Å². The number of halogens is 1. The van der Waals surface area contributed by atoms with Gasteiger partial charge in [0.1, 0.15) is 0 Å². The van der Waals surface area contributed by atoms with Crippen LogP contribution in [0.2, 0.25) is 5.02 Å². The van der Waals surface area contributed by atoms with Gasteiger partial charge in [-0.2, -0.15) is 4.31 Å². The Labute approximate surface area is 158 Å². The molecule has 1 fully saturated rings. The first-order chi connectivity index (χ1) is 12.2. The summed E-state index contributed by atoms with van der Waals surface area (Å²) in [5.74, 6) is -0.267. The maximum Gasteiger partial charge on any atom is 0.243 e. The van der Waals surface area contributed by atoms with E-state index in [1.165, 1.54) is 40.8 Å². The Hall–Kier alpha value is -1.48. The number of sulfonamides is 1. The minimum Gasteiger partial charge on any atom is -0.260 e. The van der Waals surface area contributed by atoms with E-state index in [-0.39, 0.29) is 22.3 Å². The molecule has 3 rings (SSSR count). The van der Waals surface area contributed by atoms with E-state index in [0.29, 0.717) is 30.1 Å². The Morgan fingerprint density at radius 1 is 1.12 bits per heavy atom. The first-order valence-corrected chi connectivity index (χ1v) is 11.8. The van der Waals surface area contributed by atoms with Crippen molar-refractivity contribution in [1.82, 2.24) is 9.29 Å². The Bertz CT molecular complexity index is 1010. The van der Waals surface area contributed by atoms with Crippen LogP contribution in [0.25, 0.3) is 0 Å². The SMILES string of the molecule is CS(=O)(=O)c1cccnc1[C@@H]1CCCN(S(=O)(=O)c2ccc(Cl)cc2)C1. The summed E-state index contributed by atoms with van der Waals surface area (Å²) >= 11 is 5.84. The summed E-state index contributed by atoms with van der Waals surface area (Å²) in [6.45, 7) is 0.590. The highest BCUT2D eigenvalue weighted by atomic mass is 35.5. The van der Waals surface area contributed by atoms with Gasteiger partial charge in [0.05, 0.1) is 15.5 Å². The standard InChI is InChI=1S/C17H19ClN2O4S2/c1-25(21,22)16-5-2-10-19-17(16)13-4-3-11-20(12-13)26(23,24)15-8-6-14(18)7-9-15/h2,5-10,13H,3-4,11-12H2,1H3/t13-/m1/s1. The Kier molecular flexibility index (Phi) is 5.39. The zero-order chi connectivity index (χ0) is 18.9. The topological polar surface area (TPSA) is 84.4 Å². The fourth-order valence-electron chi connectivity index (χ4n) is 3.16. The fourth-order valence-corrected chi connectivity index (χ4v) is 5.74. The van der Waals surface area contributed by atoms with Gasteiger partial charge in [0, 0.05) is 36.5 Å². The van der Waals surface area contributed by atoms with E-state index >= 15 is 0 Å². The molecule has 0 spiro atoms. The molecule has 1 saturated heterocycles. The van der Waals surface area contributed by atoms with Gasteiger partial charge in [-0.25, -0.2) is 16.8 Å². The molecule has 0 aliphatic carbocycles. The van der Waals surface area contributed by atoms with E-state index in [1.807, 2.05) is 0 Å². The van der Waals surface area contributed by atoms with Gasteiger partial charge >= 0.3 is 0 Å². The molecule has 1 aromatic carbocycles. The van der Waals surface area contributed by atoms with Crippen LogP contribution >= 0.6 is 11.6 Å². The van der Waals surface area contributed by atoms with Crippen LogP contribution in [0.4, 0.5) is 0 Å². The highest BCUT2D eigenvalue weighted by molar-refractivity contribution is 7.90. The molecule has 0 amide bonds. The molecule has 1 aliphatic rings. The Balaban J connectivity index is 1.92. The Morgan fingerprint density at radius 2 is 1.81 bits per heavy atom. The molecule has 2 aromatic rings. The molecule has 140 valence electrons. The summed E-state index contributed by atoms with van der Waals surface area (Å²) in [7, 11) is -7.11. The van der Waals surface area contributed by atoms with Crippen molar-refractivity contribution in [2.45, 2.75) is 28.6 Å². The average Bonchev–Trinajstić information content (AvgIpc) is 2.61. The molecule has 1 aliphatic heterocycles. The van der Waals surface area contributed by atoms with Crippen molar-refractivity contribution >= 4 is 31.5 Å². The minimum atomic E-state index is -3.67. The lowest BCUT2D eigenvalue weighted by Gasteiger charge is -2.32. The maximum atomic E-state index is 12.9. The first-order valence-electron chi connectivity index (χ1n) is 8.10. The summed E-state index contributed by atoms with van der Waals surface area (Å²) in [4.78, 5) is 4.59. The molecular formula is C17H19ClN2O4S2. The smallest absolute Gasteiger partial charge is 0.243 e. The van der Waals surface area contributed by atoms with Crippen LogP contribution in [-0.4, -0.2) is 45.5 Å². The molecular weight excluding hydrogens is 396 g/mol. The quantitative estimate of drug-likeness (QED) is 0.767. The Morgan fingerprint density at radius 3 is 2.46 bits per heavy atom. The third kappa shape index (κ3) is 3.93. The van der Waals surface area contributed by atoms with Crippen LogP contribution in [0.5, 0.6) is 0 Å². The number of hydrogen-bond acceptors (Lipinski definition) is 5. The van der Waals surface area contributed by atoms with Crippen molar-refractivity contribution in [2.24, 2.45) is 0 Å². The van der Waals surface area contributed by atoms with Gasteiger partial charge in [0.25, 0.3) is 0 Å². The van der Waals surface area contributed by atoms with Crippen molar-refractivity contribution in [3.63, 3.8) is 0 Å². The monoisotopic (exact) mass is 414 g/mol. The van der Waals surface area contributed by atoms with Crippen LogP contribution in [0.1, 0.15) is 24.5 Å². The first kappa shape index (κ1) is 19.3. The van der Waals surface area contributed by atoms with E-state index in [0.717, 1.165) is 6.26 Å². The van der Waals surface area contributed by atoms with Crippen molar-refractivity contribution in [2.75, 3.05) is 19.3 Å². The number of rotatable bonds is 4. The van der Waals surface area contributed by atoms with Crippen molar-refractivity contribution in [1.29, 1.82) is 0 Å². The zero-order valence-electron chi connectivity index (χ0n) is 14.2. The van der Waals surface area contributed by atoms with Gasteiger partial charge in [-0.15, -0.1) is 0 Å². The van der Waals surface area contributed by atoms with E-state index in [2.05, 4.69) is 4.98 Å². The molecule has 6 nitrogen and oxygen atoms in total. The number of benzene rings is 1. The van der Waals surface area contributed by atoms with E-state index < -0.39 is 19.9 Å². The number of aromatic nitrogens is 1. The van der Waals surface area contributed by atoms with Crippen LogP contribution in [0.15, 0.2) is 52.4 Å².